The molecule has 0 atom stereocenters. The Balaban J connectivity index is 2.29. The first kappa shape index (κ1) is 16.7. The minimum atomic E-state index is 0.515. The van der Waals surface area contributed by atoms with E-state index in [1.165, 1.54) is 44.3 Å². The van der Waals surface area contributed by atoms with Crippen LogP contribution in [0.4, 0.5) is 0 Å². The molecule has 1 saturated carbocycles. The molecule has 0 aromatic rings. The van der Waals surface area contributed by atoms with E-state index in [2.05, 4.69) is 30.7 Å². The van der Waals surface area contributed by atoms with Crippen LogP contribution >= 0.6 is 11.8 Å². The van der Waals surface area contributed by atoms with Crippen LogP contribution in [0.5, 0.6) is 0 Å². The zero-order valence-corrected chi connectivity index (χ0v) is 13.7. The van der Waals surface area contributed by atoms with Crippen molar-refractivity contribution in [2.45, 2.75) is 52.4 Å². The van der Waals surface area contributed by atoms with Crippen molar-refractivity contribution in [2.24, 2.45) is 10.4 Å². The molecule has 2 N–H and O–H groups in total. The van der Waals surface area contributed by atoms with Crippen molar-refractivity contribution in [3.63, 3.8) is 0 Å². The molecule has 19 heavy (non-hydrogen) atoms. The summed E-state index contributed by atoms with van der Waals surface area (Å²) in [6.07, 6.45) is 10.1. The van der Waals surface area contributed by atoms with Gasteiger partial charge in [0.2, 0.25) is 0 Å². The number of rotatable bonds is 9. The van der Waals surface area contributed by atoms with Crippen LogP contribution in [0.25, 0.3) is 0 Å². The standard InChI is InChI=1S/C15H31N3S/c1-4-15(9-8-10-15)13-18-14(16-5-2)17-11-6-7-12-19-3/h4-13H2,1-3H3,(H2,16,17,18). The van der Waals surface area contributed by atoms with Crippen LogP contribution in [0.1, 0.15) is 52.4 Å². The van der Waals surface area contributed by atoms with Crippen LogP contribution in [0, 0.1) is 5.41 Å². The molecule has 1 aliphatic rings. The first-order chi connectivity index (χ1) is 9.26. The van der Waals surface area contributed by atoms with Crippen LogP contribution in [-0.2, 0) is 0 Å². The van der Waals surface area contributed by atoms with Gasteiger partial charge in [-0.1, -0.05) is 13.3 Å². The van der Waals surface area contributed by atoms with E-state index in [0.29, 0.717) is 5.41 Å². The maximum Gasteiger partial charge on any atom is 0.191 e. The molecule has 0 unspecified atom stereocenters. The minimum Gasteiger partial charge on any atom is -0.357 e. The van der Waals surface area contributed by atoms with E-state index >= 15 is 0 Å². The quantitative estimate of drug-likeness (QED) is 0.388. The fourth-order valence-corrected chi connectivity index (χ4v) is 2.96. The van der Waals surface area contributed by atoms with Gasteiger partial charge in [0.25, 0.3) is 0 Å². The van der Waals surface area contributed by atoms with Gasteiger partial charge >= 0.3 is 0 Å². The summed E-state index contributed by atoms with van der Waals surface area (Å²) in [5, 5.41) is 6.81. The molecule has 0 radical (unpaired) electrons. The van der Waals surface area contributed by atoms with E-state index in [1.54, 1.807) is 0 Å². The van der Waals surface area contributed by atoms with Gasteiger partial charge in [0, 0.05) is 19.6 Å². The Hall–Kier alpha value is -0.380. The average Bonchev–Trinajstić information content (AvgIpc) is 2.37. The second-order valence-corrected chi connectivity index (χ2v) is 6.51. The Labute approximate surface area is 123 Å². The van der Waals surface area contributed by atoms with Gasteiger partial charge in [0.1, 0.15) is 0 Å². The summed E-state index contributed by atoms with van der Waals surface area (Å²) in [6.45, 7) is 7.40. The van der Waals surface area contributed by atoms with Crippen LogP contribution in [0.2, 0.25) is 0 Å². The monoisotopic (exact) mass is 285 g/mol. The summed E-state index contributed by atoms with van der Waals surface area (Å²) in [5.41, 5.74) is 0.515. The van der Waals surface area contributed by atoms with Crippen LogP contribution in [0.15, 0.2) is 4.99 Å². The van der Waals surface area contributed by atoms with Crippen molar-refractivity contribution in [1.29, 1.82) is 0 Å². The smallest absolute Gasteiger partial charge is 0.191 e. The van der Waals surface area contributed by atoms with Gasteiger partial charge in [0.15, 0.2) is 5.96 Å². The predicted octanol–water partition coefficient (Wildman–Crippen LogP) is 3.27. The van der Waals surface area contributed by atoms with Gasteiger partial charge in [-0.05, 0) is 56.5 Å². The van der Waals surface area contributed by atoms with E-state index in [1.807, 2.05) is 11.8 Å². The highest BCUT2D eigenvalue weighted by molar-refractivity contribution is 7.98. The lowest BCUT2D eigenvalue weighted by atomic mass is 9.67. The van der Waals surface area contributed by atoms with Crippen molar-refractivity contribution < 1.29 is 0 Å². The van der Waals surface area contributed by atoms with Gasteiger partial charge in [0.05, 0.1) is 0 Å². The van der Waals surface area contributed by atoms with E-state index in [4.69, 9.17) is 4.99 Å². The third kappa shape index (κ3) is 6.07. The van der Waals surface area contributed by atoms with Crippen LogP contribution in [-0.4, -0.2) is 37.6 Å². The lowest BCUT2D eigenvalue weighted by Crippen LogP contribution is -2.40. The SMILES string of the molecule is CCNC(=NCC1(CC)CCC1)NCCCCSC. The summed E-state index contributed by atoms with van der Waals surface area (Å²) in [4.78, 5) is 4.79. The molecule has 4 heteroatoms. The number of nitrogens with zero attached hydrogens (tertiary/aromatic N) is 1. The fourth-order valence-electron chi connectivity index (χ4n) is 2.47. The number of aliphatic imine (C=N–C) groups is 1. The predicted molar refractivity (Wildman–Crippen MR) is 88.2 cm³/mol. The van der Waals surface area contributed by atoms with Gasteiger partial charge in [-0.2, -0.15) is 11.8 Å². The van der Waals surface area contributed by atoms with Gasteiger partial charge < -0.3 is 10.6 Å². The molecule has 0 aromatic heterocycles. The fraction of sp³-hybridized carbons (Fsp3) is 0.933. The van der Waals surface area contributed by atoms with Crippen molar-refractivity contribution in [3.05, 3.63) is 0 Å². The Kier molecular flexibility index (Phi) is 8.35. The van der Waals surface area contributed by atoms with Crippen molar-refractivity contribution in [1.82, 2.24) is 10.6 Å². The number of guanidine groups is 1. The largest absolute Gasteiger partial charge is 0.357 e. The van der Waals surface area contributed by atoms with Gasteiger partial charge in [-0.3, -0.25) is 4.99 Å². The van der Waals surface area contributed by atoms with Gasteiger partial charge in [-0.15, -0.1) is 0 Å². The van der Waals surface area contributed by atoms with Crippen LogP contribution in [0.3, 0.4) is 0 Å². The molecule has 0 heterocycles. The van der Waals surface area contributed by atoms with E-state index in [-0.39, 0.29) is 0 Å². The number of hydrogen-bond donors (Lipinski definition) is 2. The van der Waals surface area contributed by atoms with Crippen molar-refractivity contribution in [2.75, 3.05) is 31.6 Å². The molecular weight excluding hydrogens is 254 g/mol. The molecule has 0 spiro atoms. The molecule has 1 aliphatic carbocycles. The second kappa shape index (κ2) is 9.51. The molecule has 0 amide bonds. The number of thioether (sulfide) groups is 1. The normalized spacial score (nSPS) is 17.9. The third-order valence-electron chi connectivity index (χ3n) is 4.15. The number of hydrogen-bond acceptors (Lipinski definition) is 2. The van der Waals surface area contributed by atoms with Crippen molar-refractivity contribution in [3.8, 4) is 0 Å². The van der Waals surface area contributed by atoms with Crippen LogP contribution < -0.4 is 10.6 Å². The molecular formula is C15H31N3S. The number of nitrogens with one attached hydrogen (secondary N) is 2. The highest BCUT2D eigenvalue weighted by Crippen LogP contribution is 2.43. The summed E-state index contributed by atoms with van der Waals surface area (Å²) in [6, 6.07) is 0. The highest BCUT2D eigenvalue weighted by Gasteiger charge is 2.34. The Morgan fingerprint density at radius 2 is 2.00 bits per heavy atom. The summed E-state index contributed by atoms with van der Waals surface area (Å²) >= 11 is 1.92. The van der Waals surface area contributed by atoms with Gasteiger partial charge in [-0.25, -0.2) is 0 Å². The van der Waals surface area contributed by atoms with Crippen molar-refractivity contribution >= 4 is 17.7 Å². The molecule has 1 fully saturated rings. The topological polar surface area (TPSA) is 36.4 Å². The maximum atomic E-state index is 4.79. The maximum absolute atomic E-state index is 4.79. The van der Waals surface area contributed by atoms with E-state index in [9.17, 15) is 0 Å². The molecule has 0 aromatic carbocycles. The molecule has 112 valence electrons. The lowest BCUT2D eigenvalue weighted by Gasteiger charge is -2.40. The first-order valence-electron chi connectivity index (χ1n) is 7.77. The molecule has 0 aliphatic heterocycles. The Bertz CT molecular complexity index is 257. The first-order valence-corrected chi connectivity index (χ1v) is 9.17. The molecule has 0 saturated heterocycles. The molecule has 1 rings (SSSR count). The zero-order valence-electron chi connectivity index (χ0n) is 12.9. The number of unbranched alkanes of at least 4 members (excludes halogenated alkanes) is 1. The second-order valence-electron chi connectivity index (χ2n) is 5.53. The third-order valence-corrected chi connectivity index (χ3v) is 4.85. The summed E-state index contributed by atoms with van der Waals surface area (Å²) < 4.78 is 0. The summed E-state index contributed by atoms with van der Waals surface area (Å²) in [7, 11) is 0. The molecule has 0 bridgehead atoms. The molecule has 3 nitrogen and oxygen atoms in total. The summed E-state index contributed by atoms with van der Waals surface area (Å²) in [5.74, 6) is 2.26. The highest BCUT2D eigenvalue weighted by atomic mass is 32.2. The Morgan fingerprint density at radius 1 is 1.21 bits per heavy atom. The zero-order chi connectivity index (χ0) is 14.0. The Morgan fingerprint density at radius 3 is 2.53 bits per heavy atom. The average molecular weight is 286 g/mol. The minimum absolute atomic E-state index is 0.515. The van der Waals surface area contributed by atoms with E-state index in [0.717, 1.165) is 25.6 Å². The lowest BCUT2D eigenvalue weighted by molar-refractivity contribution is 0.139. The van der Waals surface area contributed by atoms with E-state index < -0.39 is 0 Å².